The van der Waals surface area contributed by atoms with Gasteiger partial charge in [0.15, 0.2) is 0 Å². The van der Waals surface area contributed by atoms with E-state index < -0.39 is 0 Å². The van der Waals surface area contributed by atoms with Crippen molar-refractivity contribution in [1.29, 1.82) is 15.8 Å². The summed E-state index contributed by atoms with van der Waals surface area (Å²) in [6.45, 7) is 4.42. The number of aromatic nitrogens is 3. The average Bonchev–Trinajstić information content (AvgIpc) is 3.18. The number of hydrogen-bond acceptors (Lipinski definition) is 12. The number of aromatic hydroxyl groups is 1. The molecule has 6 rings (SSSR count). The fourth-order valence-electron chi connectivity index (χ4n) is 5.61. The van der Waals surface area contributed by atoms with Crippen LogP contribution in [0.3, 0.4) is 0 Å². The first-order valence-corrected chi connectivity index (χ1v) is 20.7. The Morgan fingerprint density at radius 1 is 0.700 bits per heavy atom. The summed E-state index contributed by atoms with van der Waals surface area (Å²) in [6.07, 6.45) is 4.72. The monoisotopic (exact) mass is 1040 g/mol. The van der Waals surface area contributed by atoms with Crippen molar-refractivity contribution in [3.8, 4) is 35.5 Å². The number of pyridine rings is 3. The molecule has 0 aliphatic carbocycles. The van der Waals surface area contributed by atoms with Crippen molar-refractivity contribution in [1.82, 2.24) is 15.0 Å². The van der Waals surface area contributed by atoms with Crippen LogP contribution in [0, 0.1) is 34.0 Å². The summed E-state index contributed by atoms with van der Waals surface area (Å²) in [5, 5.41) is 38.7. The normalized spacial score (nSPS) is 9.98. The molecule has 0 amide bonds. The number of carbonyl (C=O) groups excluding carboxylic acids is 3. The van der Waals surface area contributed by atoms with Crippen molar-refractivity contribution in [2.75, 3.05) is 14.2 Å². The van der Waals surface area contributed by atoms with Gasteiger partial charge < -0.3 is 19.6 Å². The molecule has 306 valence electrons. The first kappa shape index (κ1) is 49.0. The Bertz CT molecular complexity index is 2820. The number of ether oxygens (including phenoxy) is 2. The number of nitriles is 3. The Labute approximate surface area is 379 Å². The number of halogens is 5. The number of H-pyrrole nitrogens is 1. The first-order valence-electron chi connectivity index (χ1n) is 17.2. The Kier molecular flexibility index (Phi) is 18.7. The van der Waals surface area contributed by atoms with Crippen molar-refractivity contribution in [3.05, 3.63) is 109 Å². The molecular formula is C41H32BBr3Cl2N6O7. The fourth-order valence-corrected chi connectivity index (χ4v) is 6.09. The minimum Gasteiger partial charge on any atom is -0.508 e. The summed E-state index contributed by atoms with van der Waals surface area (Å²) in [5.74, 6) is 1.08. The van der Waals surface area contributed by atoms with E-state index in [0.29, 0.717) is 65.9 Å². The van der Waals surface area contributed by atoms with Crippen molar-refractivity contribution in [3.63, 3.8) is 0 Å². The molecule has 60 heavy (non-hydrogen) atoms. The highest BCUT2D eigenvalue weighted by Crippen LogP contribution is 2.33. The van der Waals surface area contributed by atoms with Crippen molar-refractivity contribution < 1.29 is 29.0 Å². The highest BCUT2D eigenvalue weighted by Gasteiger charge is 2.15. The number of phenols is 1. The van der Waals surface area contributed by atoms with Gasteiger partial charge in [0.25, 0.3) is 0 Å². The molecule has 3 aromatic heterocycles. The van der Waals surface area contributed by atoms with E-state index in [4.69, 9.17) is 48.5 Å². The van der Waals surface area contributed by atoms with Gasteiger partial charge in [0, 0.05) is 88.9 Å². The van der Waals surface area contributed by atoms with E-state index in [1.54, 1.807) is 30.3 Å². The molecule has 0 spiro atoms. The molecule has 0 unspecified atom stereocenters. The van der Waals surface area contributed by atoms with Crippen LogP contribution in [0.15, 0.2) is 59.8 Å². The smallest absolute Gasteiger partial charge is 0.369 e. The zero-order valence-corrected chi connectivity index (χ0v) is 38.7. The van der Waals surface area contributed by atoms with E-state index in [1.165, 1.54) is 59.6 Å². The SMILES string of the molecule is BrB(Br)Br.CC(=O)Cc1cc2c(Cl)c(C#N)cnc2cc1O.COc1cc2[nH]cc(C#N)c(=O)c2cc1CC(C)=O.COc1cc2ncc(C#N)c(Cl)c2cc1CC(C)=O. The second-order valence-electron chi connectivity index (χ2n) is 12.6. The Morgan fingerprint density at radius 2 is 1.10 bits per heavy atom. The number of Topliss-reactive ketones (excluding diaryl/α,β-unsaturated/α-hetero) is 3. The molecule has 0 radical (unpaired) electrons. The summed E-state index contributed by atoms with van der Waals surface area (Å²) in [5.41, 5.74) is 3.84. The molecule has 13 nitrogen and oxygen atoms in total. The number of phenolic OH excluding ortho intramolecular Hbond substituents is 1. The summed E-state index contributed by atoms with van der Waals surface area (Å²) in [4.78, 5) is 56.7. The summed E-state index contributed by atoms with van der Waals surface area (Å²) >= 11 is 21.5. The van der Waals surface area contributed by atoms with E-state index in [1.807, 2.05) is 18.2 Å². The maximum Gasteiger partial charge on any atom is 0.369 e. The number of aromatic amines is 1. The van der Waals surface area contributed by atoms with Crippen LogP contribution in [0.4, 0.5) is 0 Å². The van der Waals surface area contributed by atoms with Crippen molar-refractivity contribution in [2.24, 2.45) is 0 Å². The van der Waals surface area contributed by atoms with Crippen LogP contribution in [-0.4, -0.2) is 54.8 Å². The molecule has 0 saturated carbocycles. The fraction of sp³-hybridized carbons (Fsp3) is 0.195. The largest absolute Gasteiger partial charge is 0.508 e. The number of methoxy groups -OCH3 is 2. The quantitative estimate of drug-likeness (QED) is 0.136. The maximum absolute atomic E-state index is 12.0. The molecule has 6 aromatic rings. The summed E-state index contributed by atoms with van der Waals surface area (Å²) in [7, 11) is 3.04. The third-order valence-electron chi connectivity index (χ3n) is 8.17. The minimum atomic E-state index is -0.344. The van der Waals surface area contributed by atoms with Crippen LogP contribution in [-0.2, 0) is 33.6 Å². The second kappa shape index (κ2) is 22.9. The molecule has 3 heterocycles. The number of ketones is 3. The number of nitrogens with one attached hydrogen (secondary N) is 1. The molecule has 2 N–H and O–H groups in total. The Hall–Kier alpha value is -5.35. The van der Waals surface area contributed by atoms with Crippen LogP contribution in [0.1, 0.15) is 54.2 Å². The van der Waals surface area contributed by atoms with Gasteiger partial charge in [0.05, 0.1) is 51.9 Å². The number of rotatable bonds is 8. The molecule has 19 heteroatoms. The molecule has 0 saturated heterocycles. The second-order valence-corrected chi connectivity index (χ2v) is 19.8. The van der Waals surface area contributed by atoms with Gasteiger partial charge in [-0.25, -0.2) is 0 Å². The van der Waals surface area contributed by atoms with Crippen molar-refractivity contribution >= 4 is 124 Å². The van der Waals surface area contributed by atoms with Crippen LogP contribution in [0.2, 0.25) is 10.0 Å². The molecule has 3 aromatic carbocycles. The highest BCUT2D eigenvalue weighted by atomic mass is 79.9. The van der Waals surface area contributed by atoms with Gasteiger partial charge in [-0.3, -0.25) is 29.1 Å². The number of nitrogens with zero attached hydrogens (tertiary/aromatic N) is 5. The number of hydrogen-bond donors (Lipinski definition) is 2. The van der Waals surface area contributed by atoms with E-state index in [9.17, 15) is 24.3 Å². The van der Waals surface area contributed by atoms with Crippen molar-refractivity contribution in [2.45, 2.75) is 40.0 Å². The molecule has 0 aliphatic heterocycles. The van der Waals surface area contributed by atoms with Gasteiger partial charge in [-0.2, -0.15) is 15.8 Å². The lowest BCUT2D eigenvalue weighted by atomic mass is 10.0. The lowest BCUT2D eigenvalue weighted by Gasteiger charge is -2.10. The van der Waals surface area contributed by atoms with Crippen LogP contribution < -0.4 is 14.9 Å². The topological polar surface area (TPSA) is 220 Å². The Morgan fingerprint density at radius 3 is 1.53 bits per heavy atom. The Balaban J connectivity index is 0.000000230. The molecule has 0 atom stereocenters. The third-order valence-corrected chi connectivity index (χ3v) is 8.98. The van der Waals surface area contributed by atoms with Gasteiger partial charge in [-0.1, -0.05) is 23.2 Å². The van der Waals surface area contributed by atoms with Gasteiger partial charge in [0.1, 0.15) is 58.4 Å². The van der Waals surface area contributed by atoms with Gasteiger partial charge in [-0.05, 0) is 39.0 Å². The van der Waals surface area contributed by atoms with Gasteiger partial charge >= 0.3 is 3.18 Å². The molecular weight excluding hydrogens is 1010 g/mol. The molecule has 0 fully saturated rings. The third kappa shape index (κ3) is 13.1. The number of carbonyl (C=O) groups is 3. The zero-order valence-electron chi connectivity index (χ0n) is 32.4. The van der Waals surface area contributed by atoms with Gasteiger partial charge in [0.2, 0.25) is 5.43 Å². The first-order chi connectivity index (χ1) is 28.4. The maximum atomic E-state index is 12.0. The van der Waals surface area contributed by atoms with Crippen LogP contribution in [0.25, 0.3) is 32.7 Å². The van der Waals surface area contributed by atoms with Gasteiger partial charge in [-0.15, -0.1) is 47.3 Å². The molecule has 0 aliphatic rings. The van der Waals surface area contributed by atoms with E-state index in [-0.39, 0.29) is 67.1 Å². The molecule has 0 bridgehead atoms. The predicted molar refractivity (Wildman–Crippen MR) is 243 cm³/mol. The van der Waals surface area contributed by atoms with E-state index in [0.717, 1.165) is 5.56 Å². The van der Waals surface area contributed by atoms with Crippen LogP contribution in [0.5, 0.6) is 17.2 Å². The lowest BCUT2D eigenvalue weighted by molar-refractivity contribution is -0.117. The zero-order chi connectivity index (χ0) is 44.8. The summed E-state index contributed by atoms with van der Waals surface area (Å²) in [6, 6.07) is 15.5. The minimum absolute atomic E-state index is 0.00553. The predicted octanol–water partition coefficient (Wildman–Crippen LogP) is 9.19. The highest BCUT2D eigenvalue weighted by molar-refractivity contribution is 9.69. The average molecular weight is 1040 g/mol. The number of benzene rings is 3. The van der Waals surface area contributed by atoms with E-state index in [2.05, 4.69) is 62.2 Å². The standard InChI is InChI=1S/C14H11ClN2O2.C14H12N2O3.C13H9ClN2O2.BBr3/c1-8(18)3-9-4-11-12(5-13(9)19-2)17-7-10(6-16)14(11)15;1-8(17)3-9-4-11-12(5-13(9)19-2)16-7-10(6-15)14(11)18;1-7(17)2-8-3-10-11(4-12(8)18)16-6-9(5-15)13(10)14;2-1(3)4/h4-5,7H,3H2,1-2H3;4-5,7H,3H2,1-2H3,(H,16,18);3-4,6,18H,2H2,1H3;. The number of fused-ring (bicyclic) bond motifs is 3. The van der Waals surface area contributed by atoms with E-state index >= 15 is 0 Å². The lowest BCUT2D eigenvalue weighted by Crippen LogP contribution is -2.09. The van der Waals surface area contributed by atoms with Crippen LogP contribution >= 0.6 is 70.5 Å². The summed E-state index contributed by atoms with van der Waals surface area (Å²) < 4.78 is 10.7.